The van der Waals surface area contributed by atoms with Crippen molar-refractivity contribution in [2.24, 2.45) is 0 Å². The van der Waals surface area contributed by atoms with Gasteiger partial charge in [0.1, 0.15) is 0 Å². The van der Waals surface area contributed by atoms with Crippen molar-refractivity contribution < 1.29 is 15.6 Å². The third kappa shape index (κ3) is 8.62. The molecule has 4 heteroatoms. The molecule has 0 saturated carbocycles. The van der Waals surface area contributed by atoms with Crippen LogP contribution in [-0.4, -0.2) is 5.92 Å². The molecule has 0 spiro atoms. The summed E-state index contributed by atoms with van der Waals surface area (Å²) >= 11 is -5.03. The van der Waals surface area contributed by atoms with Gasteiger partial charge in [-0.15, -0.1) is 0 Å². The molecule has 0 aromatic heterocycles. The van der Waals surface area contributed by atoms with Crippen molar-refractivity contribution in [3.05, 3.63) is 127 Å². The summed E-state index contributed by atoms with van der Waals surface area (Å²) in [6, 6.07) is 24.6. The third-order valence-electron chi connectivity index (χ3n) is 14.6. The van der Waals surface area contributed by atoms with E-state index in [1.54, 1.807) is 0 Å². The minimum atomic E-state index is -5.03. The normalized spacial score (nSPS) is 18.4. The number of halogens is 2. The van der Waals surface area contributed by atoms with Crippen LogP contribution in [-0.2, 0) is 48.0 Å². The fourth-order valence-corrected chi connectivity index (χ4v) is 43.6. The minimum absolute atomic E-state index is 0.00310. The standard InChI is InChI=1S/2C28H37.C2H7Si.2ClH.Zr/c2*1-18-13-19-11-12-24(28(8,9)10)25(23(19)14-18)20-15-21(26(2,3)4)17-22(16-20)27(5,6)7;1-3-2;;;/h2*11-17H,1-10H3;3H,1-2H3;2*1H;/q;;;;;+2/p-2. The molecule has 4 aromatic carbocycles. The molecule has 0 N–H and O–H groups in total. The van der Waals surface area contributed by atoms with Crippen LogP contribution in [0, 0.1) is 0 Å². The van der Waals surface area contributed by atoms with Crippen LogP contribution in [0.5, 0.6) is 0 Å². The fraction of sp³-hybridized carbons (Fsp3) is 0.517. The van der Waals surface area contributed by atoms with Crippen molar-refractivity contribution in [1.82, 2.24) is 0 Å². The van der Waals surface area contributed by atoms with Gasteiger partial charge in [-0.2, -0.15) is 0 Å². The molecule has 0 aliphatic heterocycles. The molecule has 335 valence electrons. The summed E-state index contributed by atoms with van der Waals surface area (Å²) < 4.78 is 0.0349. The Labute approximate surface area is 388 Å². The molecule has 0 heterocycles. The number of hydrogen-bond acceptors (Lipinski definition) is 0. The van der Waals surface area contributed by atoms with Gasteiger partial charge < -0.3 is 0 Å². The summed E-state index contributed by atoms with van der Waals surface area (Å²) in [6.07, 6.45) is 5.02. The van der Waals surface area contributed by atoms with Crippen LogP contribution in [0.4, 0.5) is 0 Å². The molecule has 0 bridgehead atoms. The van der Waals surface area contributed by atoms with Crippen LogP contribution in [0.15, 0.2) is 71.8 Å². The van der Waals surface area contributed by atoms with Gasteiger partial charge in [-0.05, 0) is 0 Å². The number of rotatable bonds is 5. The Morgan fingerprint density at radius 3 is 0.919 bits per heavy atom. The number of hydrogen-bond donors (Lipinski definition) is 0. The molecular weight excluding hydrogens is 887 g/mol. The van der Waals surface area contributed by atoms with E-state index in [0.717, 1.165) is 0 Å². The SMILES string of the molecule is CC1=Cc2c(ccc(C(C)(C)C)c2-c2cc(C(C)(C)C)cc(C(C)(C)C)c2)[CH]1[Zr]([Cl])([Cl])([CH]1C(C)=Cc2c1ccc(C(C)(C)C)c2-c1cc(C(C)(C)C)cc(C(C)(C)C)c1)[SiH](C)C. The average Bonchev–Trinajstić information content (AvgIpc) is 3.64. The van der Waals surface area contributed by atoms with E-state index in [4.69, 9.17) is 17.0 Å². The predicted molar refractivity (Wildman–Crippen MR) is 279 cm³/mol. The van der Waals surface area contributed by atoms with E-state index in [1.807, 2.05) is 0 Å². The monoisotopic (exact) mass is 965 g/mol. The third-order valence-corrected chi connectivity index (χ3v) is 66.8. The van der Waals surface area contributed by atoms with Crippen LogP contribution in [0.25, 0.3) is 34.4 Å². The maximum atomic E-state index is 8.94. The quantitative estimate of drug-likeness (QED) is 0.175. The summed E-state index contributed by atoms with van der Waals surface area (Å²) in [5.74, 6) is -1.75. The first kappa shape index (κ1) is 49.5. The van der Waals surface area contributed by atoms with Gasteiger partial charge in [0.05, 0.1) is 0 Å². The molecule has 6 rings (SSSR count). The zero-order valence-electron chi connectivity index (χ0n) is 42.9. The molecule has 0 fully saturated rings. The van der Waals surface area contributed by atoms with Crippen molar-refractivity contribution in [2.45, 2.75) is 191 Å². The van der Waals surface area contributed by atoms with Gasteiger partial charge in [0.25, 0.3) is 0 Å². The Balaban J connectivity index is 1.67. The molecule has 0 saturated heterocycles. The van der Waals surface area contributed by atoms with Gasteiger partial charge in [0.15, 0.2) is 0 Å². The van der Waals surface area contributed by atoms with Crippen LogP contribution in [0.1, 0.15) is 201 Å². The summed E-state index contributed by atoms with van der Waals surface area (Å²) in [7, 11) is 17.9. The van der Waals surface area contributed by atoms with E-state index in [9.17, 15) is 0 Å². The summed E-state index contributed by atoms with van der Waals surface area (Å²) in [5.41, 5.74) is 21.5. The summed E-state index contributed by atoms with van der Waals surface area (Å²) in [6.45, 7) is 51.9. The number of allylic oxidation sites excluding steroid dienone is 2. The summed E-state index contributed by atoms with van der Waals surface area (Å²) in [5, 5.41) is 0. The first-order valence-electron chi connectivity index (χ1n) is 23.5. The van der Waals surface area contributed by atoms with Gasteiger partial charge in [-0.25, -0.2) is 0 Å². The van der Waals surface area contributed by atoms with Crippen molar-refractivity contribution >= 4 is 35.1 Å². The van der Waals surface area contributed by atoms with Crippen molar-refractivity contribution in [3.63, 3.8) is 0 Å². The van der Waals surface area contributed by atoms with E-state index in [2.05, 4.69) is 224 Å². The first-order valence-corrected chi connectivity index (χ1v) is 39.8. The van der Waals surface area contributed by atoms with Crippen LogP contribution in [0.2, 0.25) is 13.1 Å². The number of fused-ring (bicyclic) bond motifs is 2. The molecule has 4 aromatic rings. The topological polar surface area (TPSA) is 0 Å². The Kier molecular flexibility index (Phi) is 12.4. The molecular formula is C58H81Cl2SiZr. The molecule has 0 radical (unpaired) electrons. The zero-order chi connectivity index (χ0) is 46.9. The van der Waals surface area contributed by atoms with Crippen molar-refractivity contribution in [1.29, 1.82) is 0 Å². The van der Waals surface area contributed by atoms with Crippen LogP contribution in [0.3, 0.4) is 0 Å². The molecule has 0 nitrogen and oxygen atoms in total. The Bertz CT molecular complexity index is 2270. The van der Waals surface area contributed by atoms with Crippen LogP contribution < -0.4 is 0 Å². The van der Waals surface area contributed by atoms with Gasteiger partial charge >= 0.3 is 392 Å². The molecule has 2 atom stereocenters. The van der Waals surface area contributed by atoms with Crippen LogP contribution >= 0.6 is 17.0 Å². The molecule has 62 heavy (non-hydrogen) atoms. The van der Waals surface area contributed by atoms with Gasteiger partial charge in [-0.3, -0.25) is 0 Å². The molecule has 2 unspecified atom stereocenters. The molecule has 0 amide bonds. The summed E-state index contributed by atoms with van der Waals surface area (Å²) in [4.78, 5) is 0. The maximum absolute atomic E-state index is 8.94. The molecule has 2 aliphatic rings. The van der Waals surface area contributed by atoms with E-state index in [1.165, 1.54) is 89.0 Å². The van der Waals surface area contributed by atoms with Crippen molar-refractivity contribution in [2.75, 3.05) is 0 Å². The number of benzene rings is 4. The Hall–Kier alpha value is -1.96. The second-order valence-corrected chi connectivity index (χ2v) is 68.6. The Morgan fingerprint density at radius 2 is 0.694 bits per heavy atom. The predicted octanol–water partition coefficient (Wildman–Crippen LogP) is 18.4. The fourth-order valence-electron chi connectivity index (χ4n) is 10.6. The molecule has 2 aliphatic carbocycles. The zero-order valence-corrected chi connectivity index (χ0v) is 48.0. The van der Waals surface area contributed by atoms with Crippen molar-refractivity contribution in [3.8, 4) is 22.3 Å². The first-order chi connectivity index (χ1) is 27.9. The average molecular weight is 969 g/mol. The van der Waals surface area contributed by atoms with E-state index in [-0.39, 0.29) is 39.7 Å². The Morgan fingerprint density at radius 1 is 0.419 bits per heavy atom. The van der Waals surface area contributed by atoms with E-state index >= 15 is 0 Å². The second-order valence-electron chi connectivity index (χ2n) is 26.1. The van der Waals surface area contributed by atoms with Gasteiger partial charge in [0.2, 0.25) is 0 Å². The van der Waals surface area contributed by atoms with E-state index < -0.39 is 21.5 Å². The second kappa shape index (κ2) is 15.6. The van der Waals surface area contributed by atoms with E-state index in [0.29, 0.717) is 0 Å². The van der Waals surface area contributed by atoms with Gasteiger partial charge in [-0.1, -0.05) is 0 Å². The van der Waals surface area contributed by atoms with Gasteiger partial charge in [0, 0.05) is 0 Å².